The molecule has 0 aliphatic carbocycles. The van der Waals surface area contributed by atoms with E-state index in [1.54, 1.807) is 43.3 Å². The standard InChI is InChI=1S/C31H31F4N5O3/c1-3-43-23-11-9-22(10-12-23)40-29(38-28-24(30(40)42)7-5-15-37-28)19(2)39(18-21-6-4-14-36-21)27(41)17-20-8-13-26(32)25(16-20)31(33,34)35/h5,7-13,15-16,19,21,36H,3-4,6,14,17-18H2,1-2H3/t19-,21-/m1/s1. The van der Waals surface area contributed by atoms with E-state index < -0.39 is 35.9 Å². The number of halogens is 4. The largest absolute Gasteiger partial charge is 0.494 e. The van der Waals surface area contributed by atoms with Gasteiger partial charge in [0.25, 0.3) is 5.56 Å². The summed E-state index contributed by atoms with van der Waals surface area (Å²) in [6.45, 7) is 5.05. The number of pyridine rings is 1. The van der Waals surface area contributed by atoms with Gasteiger partial charge in [0, 0.05) is 18.8 Å². The molecule has 226 valence electrons. The molecule has 4 aromatic rings. The van der Waals surface area contributed by atoms with E-state index in [9.17, 15) is 27.2 Å². The summed E-state index contributed by atoms with van der Waals surface area (Å²) in [5, 5.41) is 3.63. The van der Waals surface area contributed by atoms with Crippen LogP contribution in [0.2, 0.25) is 0 Å². The van der Waals surface area contributed by atoms with Gasteiger partial charge in [-0.3, -0.25) is 14.2 Å². The number of carbonyl (C=O) groups is 1. The van der Waals surface area contributed by atoms with Gasteiger partial charge in [-0.05, 0) is 87.3 Å². The molecule has 1 saturated heterocycles. The quantitative estimate of drug-likeness (QED) is 0.266. The molecule has 2 atom stereocenters. The van der Waals surface area contributed by atoms with Gasteiger partial charge < -0.3 is 15.0 Å². The van der Waals surface area contributed by atoms with Gasteiger partial charge in [-0.1, -0.05) is 6.07 Å². The van der Waals surface area contributed by atoms with Crippen LogP contribution in [0.25, 0.3) is 16.7 Å². The van der Waals surface area contributed by atoms with Crippen LogP contribution < -0.4 is 15.6 Å². The highest BCUT2D eigenvalue weighted by molar-refractivity contribution is 5.79. The van der Waals surface area contributed by atoms with E-state index in [0.29, 0.717) is 24.1 Å². The number of alkyl halides is 3. The van der Waals surface area contributed by atoms with Gasteiger partial charge in [-0.25, -0.2) is 14.4 Å². The third-order valence-corrected chi connectivity index (χ3v) is 7.51. The number of fused-ring (bicyclic) bond motifs is 1. The van der Waals surface area contributed by atoms with Crippen molar-refractivity contribution in [2.45, 2.75) is 51.4 Å². The zero-order valence-electron chi connectivity index (χ0n) is 23.7. The Bertz CT molecular complexity index is 1670. The maximum absolute atomic E-state index is 13.9. The zero-order chi connectivity index (χ0) is 30.7. The van der Waals surface area contributed by atoms with Crippen molar-refractivity contribution in [2.24, 2.45) is 0 Å². The molecule has 12 heteroatoms. The maximum atomic E-state index is 13.9. The number of nitrogens with zero attached hydrogens (tertiary/aromatic N) is 4. The average Bonchev–Trinajstić information content (AvgIpc) is 3.50. The fourth-order valence-electron chi connectivity index (χ4n) is 5.36. The molecule has 1 fully saturated rings. The fraction of sp³-hybridized carbons (Fsp3) is 0.355. The number of nitrogens with one attached hydrogen (secondary N) is 1. The molecule has 8 nitrogen and oxygen atoms in total. The maximum Gasteiger partial charge on any atom is 0.419 e. The molecule has 2 aromatic heterocycles. The Balaban J connectivity index is 1.58. The Labute approximate surface area is 245 Å². The van der Waals surface area contributed by atoms with Gasteiger partial charge in [-0.2, -0.15) is 13.2 Å². The lowest BCUT2D eigenvalue weighted by Gasteiger charge is -2.32. The molecule has 3 heterocycles. The van der Waals surface area contributed by atoms with Crippen molar-refractivity contribution < 1.29 is 27.1 Å². The van der Waals surface area contributed by atoms with E-state index >= 15 is 0 Å². The number of hydrogen-bond acceptors (Lipinski definition) is 6. The van der Waals surface area contributed by atoms with Crippen molar-refractivity contribution in [1.29, 1.82) is 0 Å². The van der Waals surface area contributed by atoms with Gasteiger partial charge in [-0.15, -0.1) is 0 Å². The fourth-order valence-corrected chi connectivity index (χ4v) is 5.36. The Hall–Kier alpha value is -4.32. The number of benzene rings is 2. The van der Waals surface area contributed by atoms with Crippen molar-refractivity contribution in [3.8, 4) is 11.4 Å². The lowest BCUT2D eigenvalue weighted by Crippen LogP contribution is -2.44. The van der Waals surface area contributed by atoms with Crippen LogP contribution in [-0.4, -0.2) is 51.1 Å². The second-order valence-corrected chi connectivity index (χ2v) is 10.4. The summed E-state index contributed by atoms with van der Waals surface area (Å²) in [6.07, 6.45) is -2.09. The minimum absolute atomic E-state index is 0.0207. The molecule has 0 bridgehead atoms. The lowest BCUT2D eigenvalue weighted by molar-refractivity contribution is -0.140. The van der Waals surface area contributed by atoms with E-state index in [2.05, 4.69) is 10.3 Å². The first kappa shape index (κ1) is 30.1. The van der Waals surface area contributed by atoms with Crippen molar-refractivity contribution in [3.05, 3.63) is 93.9 Å². The number of ether oxygens (including phenoxy) is 1. The lowest BCUT2D eigenvalue weighted by atomic mass is 10.0. The van der Waals surface area contributed by atoms with Crippen LogP contribution in [0.4, 0.5) is 17.6 Å². The van der Waals surface area contributed by atoms with E-state index in [4.69, 9.17) is 9.72 Å². The van der Waals surface area contributed by atoms with E-state index in [-0.39, 0.29) is 40.6 Å². The third-order valence-electron chi connectivity index (χ3n) is 7.51. The predicted molar refractivity (Wildman–Crippen MR) is 153 cm³/mol. The third kappa shape index (κ3) is 6.53. The molecule has 1 N–H and O–H groups in total. The molecule has 2 aromatic carbocycles. The normalized spacial score (nSPS) is 15.9. The van der Waals surface area contributed by atoms with Gasteiger partial charge in [0.05, 0.1) is 35.7 Å². The molecule has 0 radical (unpaired) electrons. The monoisotopic (exact) mass is 597 g/mol. The molecule has 5 rings (SSSR count). The Kier molecular flexibility index (Phi) is 8.77. The molecule has 0 spiro atoms. The minimum atomic E-state index is -4.90. The zero-order valence-corrected chi connectivity index (χ0v) is 23.7. The van der Waals surface area contributed by atoms with Gasteiger partial charge in [0.1, 0.15) is 17.4 Å². The Morgan fingerprint density at radius 3 is 2.63 bits per heavy atom. The van der Waals surface area contributed by atoms with Gasteiger partial charge in [0.15, 0.2) is 5.65 Å². The predicted octanol–water partition coefficient (Wildman–Crippen LogP) is 5.22. The van der Waals surface area contributed by atoms with Crippen molar-refractivity contribution in [3.63, 3.8) is 0 Å². The van der Waals surface area contributed by atoms with Crippen molar-refractivity contribution in [1.82, 2.24) is 24.8 Å². The Morgan fingerprint density at radius 2 is 1.95 bits per heavy atom. The van der Waals surface area contributed by atoms with Crippen LogP contribution in [0.1, 0.15) is 49.7 Å². The van der Waals surface area contributed by atoms with E-state index in [0.717, 1.165) is 25.5 Å². The first-order chi connectivity index (χ1) is 20.6. The summed E-state index contributed by atoms with van der Waals surface area (Å²) < 4.78 is 61.1. The summed E-state index contributed by atoms with van der Waals surface area (Å²) in [6, 6.07) is 11.9. The average molecular weight is 598 g/mol. The number of rotatable bonds is 9. The van der Waals surface area contributed by atoms with Crippen LogP contribution in [0.3, 0.4) is 0 Å². The van der Waals surface area contributed by atoms with Gasteiger partial charge in [0.2, 0.25) is 5.91 Å². The number of hydrogen-bond donors (Lipinski definition) is 1. The molecule has 43 heavy (non-hydrogen) atoms. The molecule has 1 amide bonds. The minimum Gasteiger partial charge on any atom is -0.494 e. The van der Waals surface area contributed by atoms with Crippen LogP contribution in [0, 0.1) is 5.82 Å². The summed E-state index contributed by atoms with van der Waals surface area (Å²) >= 11 is 0. The van der Waals surface area contributed by atoms with Crippen molar-refractivity contribution >= 4 is 16.9 Å². The summed E-state index contributed by atoms with van der Waals surface area (Å²) in [5.74, 6) is -1.04. The molecule has 0 saturated carbocycles. The van der Waals surface area contributed by atoms with Crippen LogP contribution in [0.5, 0.6) is 5.75 Å². The number of amides is 1. The molecule has 1 aliphatic rings. The molecular formula is C31H31F4N5O3. The molecule has 1 aliphatic heterocycles. The highest BCUT2D eigenvalue weighted by atomic mass is 19.4. The molecular weight excluding hydrogens is 566 g/mol. The van der Waals surface area contributed by atoms with Gasteiger partial charge >= 0.3 is 6.18 Å². The number of aromatic nitrogens is 3. The highest BCUT2D eigenvalue weighted by Gasteiger charge is 2.35. The molecule has 0 unspecified atom stereocenters. The van der Waals surface area contributed by atoms with E-state index in [1.165, 1.54) is 21.7 Å². The van der Waals surface area contributed by atoms with E-state index in [1.807, 2.05) is 6.92 Å². The van der Waals surface area contributed by atoms with Crippen molar-refractivity contribution in [2.75, 3.05) is 19.7 Å². The summed E-state index contributed by atoms with van der Waals surface area (Å²) in [4.78, 5) is 38.2. The highest BCUT2D eigenvalue weighted by Crippen LogP contribution is 2.32. The topological polar surface area (TPSA) is 89.3 Å². The Morgan fingerprint density at radius 1 is 1.19 bits per heavy atom. The summed E-state index contributed by atoms with van der Waals surface area (Å²) in [7, 11) is 0. The van der Waals surface area contributed by atoms with Crippen LogP contribution >= 0.6 is 0 Å². The smallest absolute Gasteiger partial charge is 0.419 e. The first-order valence-electron chi connectivity index (χ1n) is 14.1. The second kappa shape index (κ2) is 12.5. The number of carbonyl (C=O) groups excluding carboxylic acids is 1. The SMILES string of the molecule is CCOc1ccc(-n2c([C@@H](C)N(C[C@H]3CCCN3)C(=O)Cc3ccc(F)c(C(F)(F)F)c3)nc3ncccc3c2=O)cc1. The van der Waals surface area contributed by atoms with Crippen LogP contribution in [-0.2, 0) is 17.4 Å². The summed E-state index contributed by atoms with van der Waals surface area (Å²) in [5.41, 5.74) is -1.10. The second-order valence-electron chi connectivity index (χ2n) is 10.4. The van der Waals surface area contributed by atoms with Crippen LogP contribution in [0.15, 0.2) is 65.6 Å². The first-order valence-corrected chi connectivity index (χ1v) is 14.1.